The molecule has 2 rings (SSSR count). The first-order valence-electron chi connectivity index (χ1n) is 12.6. The van der Waals surface area contributed by atoms with Crippen LogP contribution in [0.1, 0.15) is 70.1 Å². The molecule has 0 aliphatic rings. The van der Waals surface area contributed by atoms with Crippen molar-refractivity contribution in [3.8, 4) is 0 Å². The van der Waals surface area contributed by atoms with Crippen LogP contribution >= 0.6 is 0 Å². The second kappa shape index (κ2) is 12.9. The van der Waals surface area contributed by atoms with Crippen LogP contribution in [0, 0.1) is 6.92 Å². The van der Waals surface area contributed by atoms with E-state index in [1.165, 1.54) is 4.90 Å². The van der Waals surface area contributed by atoms with Gasteiger partial charge in [0.1, 0.15) is 12.6 Å². The number of nitrogens with one attached hydrogen (secondary N) is 1. The van der Waals surface area contributed by atoms with Gasteiger partial charge in [0, 0.05) is 12.6 Å². The number of anilines is 1. The van der Waals surface area contributed by atoms with Gasteiger partial charge < -0.3 is 10.2 Å². The molecule has 2 atom stereocenters. The molecule has 2 aromatic carbocycles. The summed E-state index contributed by atoms with van der Waals surface area (Å²) in [5.41, 5.74) is 3.40. The first kappa shape index (κ1) is 29.4. The average Bonchev–Trinajstić information content (AvgIpc) is 2.82. The van der Waals surface area contributed by atoms with Crippen LogP contribution < -0.4 is 9.62 Å². The van der Waals surface area contributed by atoms with Crippen LogP contribution in [0.2, 0.25) is 0 Å². The Morgan fingerprint density at radius 2 is 1.56 bits per heavy atom. The van der Waals surface area contributed by atoms with Gasteiger partial charge in [-0.25, -0.2) is 8.42 Å². The highest BCUT2D eigenvalue weighted by Crippen LogP contribution is 2.23. The Labute approximate surface area is 216 Å². The highest BCUT2D eigenvalue weighted by Gasteiger charge is 2.32. The van der Waals surface area contributed by atoms with Gasteiger partial charge in [-0.1, -0.05) is 64.1 Å². The molecule has 0 spiro atoms. The summed E-state index contributed by atoms with van der Waals surface area (Å²) in [4.78, 5) is 28.5. The minimum Gasteiger partial charge on any atom is -0.352 e. The number of hydrogen-bond acceptors (Lipinski definition) is 4. The predicted molar refractivity (Wildman–Crippen MR) is 146 cm³/mol. The van der Waals surface area contributed by atoms with E-state index in [0.717, 1.165) is 33.7 Å². The molecule has 0 heterocycles. The molecule has 36 heavy (non-hydrogen) atoms. The van der Waals surface area contributed by atoms with Crippen molar-refractivity contribution in [3.05, 3.63) is 65.2 Å². The zero-order valence-corrected chi connectivity index (χ0v) is 23.4. The molecule has 2 unspecified atom stereocenters. The third kappa shape index (κ3) is 7.82. The van der Waals surface area contributed by atoms with Crippen molar-refractivity contribution in [2.24, 2.45) is 0 Å². The van der Waals surface area contributed by atoms with Gasteiger partial charge in [-0.3, -0.25) is 13.9 Å². The molecule has 0 saturated carbocycles. The SMILES string of the molecule is CCC(C)NC(=O)C(CC)N(Cc1ccccc1C)C(=O)CN(c1ccc(C(C)C)cc1)S(C)(=O)=O. The summed E-state index contributed by atoms with van der Waals surface area (Å²) in [5, 5.41) is 2.98. The van der Waals surface area contributed by atoms with Gasteiger partial charge >= 0.3 is 0 Å². The molecule has 1 N–H and O–H groups in total. The van der Waals surface area contributed by atoms with Crippen LogP contribution in [0.3, 0.4) is 0 Å². The summed E-state index contributed by atoms with van der Waals surface area (Å²) < 4.78 is 26.6. The summed E-state index contributed by atoms with van der Waals surface area (Å²) in [7, 11) is -3.75. The van der Waals surface area contributed by atoms with Gasteiger partial charge in [0.2, 0.25) is 21.8 Å². The van der Waals surface area contributed by atoms with E-state index in [1.54, 1.807) is 12.1 Å². The normalized spacial score (nSPS) is 13.2. The topological polar surface area (TPSA) is 86.8 Å². The summed E-state index contributed by atoms with van der Waals surface area (Å²) in [6, 6.07) is 14.1. The third-order valence-electron chi connectivity index (χ3n) is 6.52. The molecule has 2 aromatic rings. The number of nitrogens with zero attached hydrogens (tertiary/aromatic N) is 2. The van der Waals surface area contributed by atoms with E-state index in [2.05, 4.69) is 19.2 Å². The van der Waals surface area contributed by atoms with E-state index in [4.69, 9.17) is 0 Å². The van der Waals surface area contributed by atoms with Gasteiger partial charge in [-0.2, -0.15) is 0 Å². The van der Waals surface area contributed by atoms with Crippen molar-refractivity contribution >= 4 is 27.5 Å². The second-order valence-corrected chi connectivity index (χ2v) is 11.6. The quantitative estimate of drug-likeness (QED) is 0.447. The predicted octanol–water partition coefficient (Wildman–Crippen LogP) is 4.61. The van der Waals surface area contributed by atoms with Crippen LogP contribution in [0.15, 0.2) is 48.5 Å². The lowest BCUT2D eigenvalue weighted by Gasteiger charge is -2.33. The number of carbonyl (C=O) groups is 2. The lowest BCUT2D eigenvalue weighted by molar-refractivity contribution is -0.140. The molecule has 0 fully saturated rings. The standard InChI is InChI=1S/C28H41N3O4S/c1-8-22(6)29-28(33)26(9-2)30(18-24-13-11-10-12-21(24)5)27(32)19-31(36(7,34)35)25-16-14-23(15-17-25)20(3)4/h10-17,20,22,26H,8-9,18-19H2,1-7H3,(H,29,33). The van der Waals surface area contributed by atoms with E-state index >= 15 is 0 Å². The minimum absolute atomic E-state index is 0.0334. The van der Waals surface area contributed by atoms with Gasteiger partial charge in [0.25, 0.3) is 0 Å². The Morgan fingerprint density at radius 3 is 2.06 bits per heavy atom. The number of carbonyl (C=O) groups excluding carboxylic acids is 2. The minimum atomic E-state index is -3.75. The molecule has 0 saturated heterocycles. The first-order valence-corrected chi connectivity index (χ1v) is 14.5. The summed E-state index contributed by atoms with van der Waals surface area (Å²) in [6.07, 6.45) is 2.26. The van der Waals surface area contributed by atoms with Crippen molar-refractivity contribution in [2.75, 3.05) is 17.1 Å². The van der Waals surface area contributed by atoms with Gasteiger partial charge in [-0.15, -0.1) is 0 Å². The van der Waals surface area contributed by atoms with Crippen LogP contribution in [0.4, 0.5) is 5.69 Å². The summed E-state index contributed by atoms with van der Waals surface area (Å²) >= 11 is 0. The molecular formula is C28H41N3O4S. The fourth-order valence-corrected chi connectivity index (χ4v) is 4.82. The Balaban J connectivity index is 2.45. The van der Waals surface area contributed by atoms with Gasteiger partial charge in [0.05, 0.1) is 11.9 Å². The maximum atomic E-state index is 13.8. The van der Waals surface area contributed by atoms with E-state index in [9.17, 15) is 18.0 Å². The van der Waals surface area contributed by atoms with Crippen molar-refractivity contribution in [1.29, 1.82) is 0 Å². The fourth-order valence-electron chi connectivity index (χ4n) is 3.97. The van der Waals surface area contributed by atoms with Crippen molar-refractivity contribution < 1.29 is 18.0 Å². The molecule has 7 nitrogen and oxygen atoms in total. The number of benzene rings is 2. The highest BCUT2D eigenvalue weighted by atomic mass is 32.2. The number of sulfonamides is 1. The van der Waals surface area contributed by atoms with Crippen LogP contribution in [0.25, 0.3) is 0 Å². The summed E-state index contributed by atoms with van der Waals surface area (Å²) in [5.74, 6) is -0.366. The second-order valence-electron chi connectivity index (χ2n) is 9.71. The molecule has 0 radical (unpaired) electrons. The lowest BCUT2D eigenvalue weighted by Crippen LogP contribution is -2.53. The Morgan fingerprint density at radius 1 is 0.944 bits per heavy atom. The highest BCUT2D eigenvalue weighted by molar-refractivity contribution is 7.92. The number of hydrogen-bond donors (Lipinski definition) is 1. The zero-order valence-electron chi connectivity index (χ0n) is 22.6. The van der Waals surface area contributed by atoms with Crippen LogP contribution in [0.5, 0.6) is 0 Å². The van der Waals surface area contributed by atoms with Crippen molar-refractivity contribution in [1.82, 2.24) is 10.2 Å². The monoisotopic (exact) mass is 515 g/mol. The maximum absolute atomic E-state index is 13.8. The molecule has 8 heteroatoms. The molecule has 0 aromatic heterocycles. The van der Waals surface area contributed by atoms with E-state index in [1.807, 2.05) is 64.1 Å². The lowest BCUT2D eigenvalue weighted by atomic mass is 10.0. The van der Waals surface area contributed by atoms with Crippen LogP contribution in [-0.2, 0) is 26.2 Å². The van der Waals surface area contributed by atoms with Gasteiger partial charge in [-0.05, 0) is 61.4 Å². The molecule has 0 bridgehead atoms. The first-order chi connectivity index (χ1) is 16.9. The van der Waals surface area contributed by atoms with Crippen molar-refractivity contribution in [2.45, 2.75) is 78.9 Å². The van der Waals surface area contributed by atoms with E-state index in [0.29, 0.717) is 18.0 Å². The molecule has 0 aliphatic heterocycles. The Hall–Kier alpha value is -2.87. The van der Waals surface area contributed by atoms with Gasteiger partial charge in [0.15, 0.2) is 0 Å². The largest absolute Gasteiger partial charge is 0.352 e. The molecule has 2 amide bonds. The van der Waals surface area contributed by atoms with E-state index < -0.39 is 28.5 Å². The molecular weight excluding hydrogens is 474 g/mol. The number of aryl methyl sites for hydroxylation is 1. The Kier molecular flexibility index (Phi) is 10.5. The smallest absolute Gasteiger partial charge is 0.244 e. The molecule has 0 aliphatic carbocycles. The summed E-state index contributed by atoms with van der Waals surface area (Å²) in [6.45, 7) is 11.7. The van der Waals surface area contributed by atoms with E-state index in [-0.39, 0.29) is 18.5 Å². The number of rotatable bonds is 12. The Bertz CT molecular complexity index is 1130. The zero-order chi connectivity index (χ0) is 27.0. The fraction of sp³-hybridized carbons (Fsp3) is 0.500. The number of amides is 2. The third-order valence-corrected chi connectivity index (χ3v) is 7.66. The van der Waals surface area contributed by atoms with Crippen molar-refractivity contribution in [3.63, 3.8) is 0 Å². The van der Waals surface area contributed by atoms with Crippen LogP contribution in [-0.4, -0.2) is 50.0 Å². The maximum Gasteiger partial charge on any atom is 0.244 e. The average molecular weight is 516 g/mol. The molecule has 198 valence electrons.